The van der Waals surface area contributed by atoms with E-state index in [2.05, 4.69) is 0 Å². The topological polar surface area (TPSA) is 63.9 Å². The predicted octanol–water partition coefficient (Wildman–Crippen LogP) is 0.0701. The maximum atomic E-state index is 9.69. The second kappa shape index (κ2) is 5.80. The molecule has 0 saturated carbocycles. The molecule has 4 heteroatoms. The van der Waals surface area contributed by atoms with Gasteiger partial charge in [-0.05, 0) is 20.4 Å². The first-order valence-corrected chi connectivity index (χ1v) is 5.43. The van der Waals surface area contributed by atoms with Crippen molar-refractivity contribution in [2.24, 2.45) is 5.41 Å². The molecular formula is C11H25NO3. The van der Waals surface area contributed by atoms with Crippen LogP contribution in [0.3, 0.4) is 0 Å². The molecule has 0 spiro atoms. The first-order chi connectivity index (χ1) is 6.76. The predicted molar refractivity (Wildman–Crippen MR) is 60.7 cm³/mol. The Morgan fingerprint density at radius 3 is 1.73 bits per heavy atom. The summed E-state index contributed by atoms with van der Waals surface area (Å²) in [4.78, 5) is 2.03. The third-order valence-corrected chi connectivity index (χ3v) is 2.43. The van der Waals surface area contributed by atoms with E-state index in [0.717, 1.165) is 6.54 Å². The van der Waals surface area contributed by atoms with E-state index in [9.17, 15) is 15.3 Å². The Morgan fingerprint density at radius 1 is 1.00 bits per heavy atom. The quantitative estimate of drug-likeness (QED) is 0.567. The third-order valence-electron chi connectivity index (χ3n) is 2.43. The van der Waals surface area contributed by atoms with Gasteiger partial charge in [0.05, 0.1) is 18.8 Å². The number of likely N-dealkylation sites (N-methyl/N-ethyl adjacent to an activating group) is 1. The molecule has 3 N–H and O–H groups in total. The van der Waals surface area contributed by atoms with Crippen LogP contribution in [0.4, 0.5) is 0 Å². The number of rotatable bonds is 7. The maximum Gasteiger partial charge on any atom is 0.0718 e. The molecule has 15 heavy (non-hydrogen) atoms. The lowest BCUT2D eigenvalue weighted by atomic mass is 9.91. The fraction of sp³-hybridized carbons (Fsp3) is 1.00. The average molecular weight is 219 g/mol. The molecule has 0 radical (unpaired) electrons. The summed E-state index contributed by atoms with van der Waals surface area (Å²) in [5, 5.41) is 28.1. The van der Waals surface area contributed by atoms with Gasteiger partial charge in [0.1, 0.15) is 0 Å². The van der Waals surface area contributed by atoms with Crippen molar-refractivity contribution in [3.8, 4) is 0 Å². The molecule has 92 valence electrons. The number of hydrogen-bond acceptors (Lipinski definition) is 4. The van der Waals surface area contributed by atoms with Crippen molar-refractivity contribution in [1.29, 1.82) is 0 Å². The molecule has 0 fully saturated rings. The fourth-order valence-electron chi connectivity index (χ4n) is 1.52. The lowest BCUT2D eigenvalue weighted by Crippen LogP contribution is -2.46. The monoisotopic (exact) mass is 219 g/mol. The van der Waals surface area contributed by atoms with Crippen LogP contribution in [0.2, 0.25) is 0 Å². The van der Waals surface area contributed by atoms with E-state index in [4.69, 9.17) is 0 Å². The van der Waals surface area contributed by atoms with Gasteiger partial charge in [-0.25, -0.2) is 0 Å². The lowest BCUT2D eigenvalue weighted by Gasteiger charge is -2.35. The van der Waals surface area contributed by atoms with E-state index in [0.29, 0.717) is 13.1 Å². The highest BCUT2D eigenvalue weighted by Crippen LogP contribution is 2.17. The Balaban J connectivity index is 4.32. The van der Waals surface area contributed by atoms with E-state index >= 15 is 0 Å². The molecule has 0 aliphatic heterocycles. The van der Waals surface area contributed by atoms with Gasteiger partial charge in [0, 0.05) is 18.5 Å². The van der Waals surface area contributed by atoms with Crippen molar-refractivity contribution in [2.75, 3.05) is 32.8 Å². The van der Waals surface area contributed by atoms with Crippen LogP contribution in [-0.2, 0) is 0 Å². The summed E-state index contributed by atoms with van der Waals surface area (Å²) in [5.41, 5.74) is -1.25. The fourth-order valence-corrected chi connectivity index (χ4v) is 1.52. The second-order valence-electron chi connectivity index (χ2n) is 5.24. The molecular weight excluding hydrogens is 194 g/mol. The van der Waals surface area contributed by atoms with Crippen LogP contribution in [0.5, 0.6) is 0 Å². The molecule has 4 nitrogen and oxygen atoms in total. The minimum atomic E-state index is -0.748. The largest absolute Gasteiger partial charge is 0.396 e. The summed E-state index contributed by atoms with van der Waals surface area (Å²) in [7, 11) is 0. The van der Waals surface area contributed by atoms with Gasteiger partial charge in [0.2, 0.25) is 0 Å². The van der Waals surface area contributed by atoms with E-state index in [1.54, 1.807) is 13.8 Å². The molecule has 0 unspecified atom stereocenters. The van der Waals surface area contributed by atoms with Crippen molar-refractivity contribution in [1.82, 2.24) is 4.90 Å². The van der Waals surface area contributed by atoms with Crippen LogP contribution in [0.15, 0.2) is 0 Å². The van der Waals surface area contributed by atoms with E-state index in [1.165, 1.54) is 0 Å². The molecule has 0 saturated heterocycles. The summed E-state index contributed by atoms with van der Waals surface area (Å²) < 4.78 is 0. The van der Waals surface area contributed by atoms with Gasteiger partial charge in [-0.3, -0.25) is 0 Å². The second-order valence-corrected chi connectivity index (χ2v) is 5.24. The van der Waals surface area contributed by atoms with Crippen LogP contribution in [0, 0.1) is 5.41 Å². The summed E-state index contributed by atoms with van der Waals surface area (Å²) in [5.74, 6) is 0. The van der Waals surface area contributed by atoms with Crippen molar-refractivity contribution < 1.29 is 15.3 Å². The minimum absolute atomic E-state index is 0.0497. The molecule has 0 aromatic rings. The van der Waals surface area contributed by atoms with Crippen LogP contribution < -0.4 is 0 Å². The Morgan fingerprint density at radius 2 is 1.47 bits per heavy atom. The molecule has 0 bridgehead atoms. The van der Waals surface area contributed by atoms with Crippen molar-refractivity contribution in [3.05, 3.63) is 0 Å². The van der Waals surface area contributed by atoms with Crippen molar-refractivity contribution in [2.45, 2.75) is 33.3 Å². The average Bonchev–Trinajstić information content (AvgIpc) is 2.14. The van der Waals surface area contributed by atoms with Gasteiger partial charge >= 0.3 is 0 Å². The maximum absolute atomic E-state index is 9.69. The lowest BCUT2D eigenvalue weighted by molar-refractivity contribution is -0.00396. The first kappa shape index (κ1) is 14.8. The zero-order chi connectivity index (χ0) is 12.1. The Hall–Kier alpha value is -0.160. The van der Waals surface area contributed by atoms with Gasteiger partial charge in [-0.2, -0.15) is 0 Å². The molecule has 0 amide bonds. The molecule has 0 aromatic heterocycles. The van der Waals surface area contributed by atoms with E-state index in [-0.39, 0.29) is 13.2 Å². The highest BCUT2D eigenvalue weighted by Gasteiger charge is 2.27. The van der Waals surface area contributed by atoms with Crippen LogP contribution in [-0.4, -0.2) is 58.7 Å². The highest BCUT2D eigenvalue weighted by molar-refractivity contribution is 4.80. The minimum Gasteiger partial charge on any atom is -0.396 e. The SMILES string of the molecule is CCN(CC(C)(C)O)CC(C)(CO)CO. The molecule has 0 aromatic carbocycles. The first-order valence-electron chi connectivity index (χ1n) is 5.43. The molecule has 0 aliphatic carbocycles. The zero-order valence-corrected chi connectivity index (χ0v) is 10.3. The zero-order valence-electron chi connectivity index (χ0n) is 10.3. The van der Waals surface area contributed by atoms with Crippen LogP contribution in [0.1, 0.15) is 27.7 Å². The summed E-state index contributed by atoms with van der Waals surface area (Å²) in [6, 6.07) is 0. The summed E-state index contributed by atoms with van der Waals surface area (Å²) in [6.07, 6.45) is 0. The molecule has 0 rings (SSSR count). The summed E-state index contributed by atoms with van der Waals surface area (Å²) in [6.45, 7) is 9.16. The Bertz CT molecular complexity index is 173. The van der Waals surface area contributed by atoms with Gasteiger partial charge in [-0.15, -0.1) is 0 Å². The van der Waals surface area contributed by atoms with Crippen molar-refractivity contribution >= 4 is 0 Å². The summed E-state index contributed by atoms with van der Waals surface area (Å²) >= 11 is 0. The van der Waals surface area contributed by atoms with Crippen LogP contribution in [0.25, 0.3) is 0 Å². The standard InChI is InChI=1S/C11H25NO3/c1-5-12(6-10(2,3)15)7-11(4,8-13)9-14/h13-15H,5-9H2,1-4H3. The van der Waals surface area contributed by atoms with Gasteiger partial charge in [-0.1, -0.05) is 13.8 Å². The molecule has 0 aliphatic rings. The van der Waals surface area contributed by atoms with Gasteiger partial charge in [0.15, 0.2) is 0 Å². The Labute approximate surface area is 92.5 Å². The number of nitrogens with zero attached hydrogens (tertiary/aromatic N) is 1. The third kappa shape index (κ3) is 6.10. The number of aliphatic hydroxyl groups excluding tert-OH is 2. The smallest absolute Gasteiger partial charge is 0.0718 e. The molecule has 0 atom stereocenters. The molecule has 0 heterocycles. The number of aliphatic hydroxyl groups is 3. The highest BCUT2D eigenvalue weighted by atomic mass is 16.3. The van der Waals surface area contributed by atoms with Gasteiger partial charge < -0.3 is 20.2 Å². The van der Waals surface area contributed by atoms with Crippen LogP contribution >= 0.6 is 0 Å². The van der Waals surface area contributed by atoms with E-state index < -0.39 is 11.0 Å². The number of hydrogen-bond donors (Lipinski definition) is 3. The Kier molecular flexibility index (Phi) is 5.73. The van der Waals surface area contributed by atoms with Gasteiger partial charge in [0.25, 0.3) is 0 Å². The van der Waals surface area contributed by atoms with E-state index in [1.807, 2.05) is 18.7 Å². The van der Waals surface area contributed by atoms with Crippen molar-refractivity contribution in [3.63, 3.8) is 0 Å². The normalized spacial score (nSPS) is 13.6.